The molecule has 0 aromatic carbocycles. The van der Waals surface area contributed by atoms with Gasteiger partial charge in [0.15, 0.2) is 0 Å². The lowest BCUT2D eigenvalue weighted by atomic mass is 9.49. The Labute approximate surface area is 148 Å². The first-order valence-corrected chi connectivity index (χ1v) is 9.12. The van der Waals surface area contributed by atoms with E-state index in [9.17, 15) is 31.1 Å². The summed E-state index contributed by atoms with van der Waals surface area (Å²) >= 11 is 0. The van der Waals surface area contributed by atoms with Gasteiger partial charge in [-0.25, -0.2) is 0 Å². The second-order valence-electron chi connectivity index (χ2n) is 8.65. The van der Waals surface area contributed by atoms with Crippen molar-refractivity contribution >= 4 is 5.91 Å². The van der Waals surface area contributed by atoms with Crippen molar-refractivity contribution in [3.63, 3.8) is 0 Å². The van der Waals surface area contributed by atoms with Gasteiger partial charge in [-0.15, -0.1) is 0 Å². The van der Waals surface area contributed by atoms with Crippen molar-refractivity contribution in [1.29, 1.82) is 0 Å². The molecular weight excluding hydrogens is 362 g/mol. The maximum atomic E-state index is 13.4. The van der Waals surface area contributed by atoms with Gasteiger partial charge < -0.3 is 5.32 Å². The van der Waals surface area contributed by atoms with Crippen molar-refractivity contribution < 1.29 is 36.5 Å². The lowest BCUT2D eigenvalue weighted by Crippen LogP contribution is -3.08. The Bertz CT molecular complexity index is 507. The van der Waals surface area contributed by atoms with Gasteiger partial charge in [0.05, 0.1) is 6.54 Å². The number of hydrogen-bond acceptors (Lipinski definition) is 1. The zero-order chi connectivity index (χ0) is 19.4. The Hall–Kier alpha value is -0.990. The minimum Gasteiger partial charge on any atom is -0.308 e. The van der Waals surface area contributed by atoms with E-state index in [-0.39, 0.29) is 17.3 Å². The highest BCUT2D eigenvalue weighted by atomic mass is 19.4. The van der Waals surface area contributed by atoms with E-state index in [1.165, 1.54) is 0 Å². The molecule has 0 aromatic rings. The fraction of sp³-hybridized carbons (Fsp3) is 0.941. The highest BCUT2D eigenvalue weighted by Gasteiger charge is 2.76. The summed E-state index contributed by atoms with van der Waals surface area (Å²) in [5.41, 5.74) is -4.40. The SMILES string of the molecule is CC(=O)NC([NH2+]CCC12CC3CC(CC(C3)C1)C2)(C(F)(F)F)C(F)(F)F. The van der Waals surface area contributed by atoms with Crippen LogP contribution in [-0.4, -0.2) is 30.5 Å². The van der Waals surface area contributed by atoms with Crippen LogP contribution in [0.1, 0.15) is 51.9 Å². The number of alkyl halides is 6. The molecule has 4 aliphatic rings. The molecule has 0 radical (unpaired) electrons. The van der Waals surface area contributed by atoms with E-state index in [1.807, 2.05) is 0 Å². The highest BCUT2D eigenvalue weighted by Crippen LogP contribution is 2.61. The van der Waals surface area contributed by atoms with Crippen LogP contribution in [0.2, 0.25) is 0 Å². The molecule has 4 aliphatic carbocycles. The van der Waals surface area contributed by atoms with Gasteiger partial charge in [0, 0.05) is 13.3 Å². The third-order valence-electron chi connectivity index (χ3n) is 6.56. The monoisotopic (exact) mass is 387 g/mol. The van der Waals surface area contributed by atoms with Crippen LogP contribution in [0.25, 0.3) is 0 Å². The normalized spacial score (nSPS) is 34.2. The highest BCUT2D eigenvalue weighted by molar-refractivity contribution is 5.73. The standard InChI is InChI=1S/C17H24F6N2O/c1-10(26)25-15(16(18,19)20,17(21,22)23)24-3-2-14-7-11-4-12(8-14)6-13(5-11)9-14/h11-13,24H,2-9H2,1H3,(H,25,26)/p+1. The molecule has 0 heterocycles. The smallest absolute Gasteiger partial charge is 0.308 e. The predicted octanol–water partition coefficient (Wildman–Crippen LogP) is 3.11. The Balaban J connectivity index is 1.73. The van der Waals surface area contributed by atoms with Crippen molar-refractivity contribution in [2.24, 2.45) is 23.2 Å². The molecule has 26 heavy (non-hydrogen) atoms. The average molecular weight is 387 g/mol. The first-order valence-electron chi connectivity index (χ1n) is 9.12. The van der Waals surface area contributed by atoms with Crippen molar-refractivity contribution in [3.8, 4) is 0 Å². The quantitative estimate of drug-likeness (QED) is 0.553. The predicted molar refractivity (Wildman–Crippen MR) is 80.7 cm³/mol. The molecule has 0 spiro atoms. The first kappa shape index (κ1) is 19.8. The number of halogens is 6. The first-order chi connectivity index (χ1) is 11.9. The fourth-order valence-electron chi connectivity index (χ4n) is 6.05. The summed E-state index contributed by atoms with van der Waals surface area (Å²) in [6.07, 6.45) is -4.74. The molecule has 0 atom stereocenters. The number of carbonyl (C=O) groups is 1. The number of nitrogens with two attached hydrogens (primary N) is 1. The Morgan fingerprint density at radius 1 is 0.962 bits per heavy atom. The molecule has 3 N–H and O–H groups in total. The van der Waals surface area contributed by atoms with E-state index in [0.717, 1.165) is 43.8 Å². The third-order valence-corrected chi connectivity index (χ3v) is 6.56. The molecule has 9 heteroatoms. The molecule has 0 aromatic heterocycles. The third kappa shape index (κ3) is 3.43. The zero-order valence-electron chi connectivity index (χ0n) is 14.6. The molecule has 0 aliphatic heterocycles. The minimum atomic E-state index is -5.64. The topological polar surface area (TPSA) is 45.7 Å². The largest absolute Gasteiger partial charge is 0.475 e. The van der Waals surface area contributed by atoms with E-state index in [0.29, 0.717) is 31.1 Å². The molecule has 0 unspecified atom stereocenters. The Morgan fingerprint density at radius 2 is 1.38 bits per heavy atom. The summed E-state index contributed by atoms with van der Waals surface area (Å²) in [7, 11) is 0. The maximum Gasteiger partial charge on any atom is 0.475 e. The van der Waals surface area contributed by atoms with E-state index in [1.54, 1.807) is 0 Å². The van der Waals surface area contributed by atoms with Crippen LogP contribution in [-0.2, 0) is 4.79 Å². The van der Waals surface area contributed by atoms with Crippen LogP contribution in [0.3, 0.4) is 0 Å². The van der Waals surface area contributed by atoms with Gasteiger partial charge in [-0.1, -0.05) is 0 Å². The molecule has 4 fully saturated rings. The van der Waals surface area contributed by atoms with E-state index < -0.39 is 23.9 Å². The van der Waals surface area contributed by atoms with Crippen LogP contribution in [0.15, 0.2) is 0 Å². The zero-order valence-corrected chi connectivity index (χ0v) is 14.6. The molecule has 150 valence electrons. The summed E-state index contributed by atoms with van der Waals surface area (Å²) in [5, 5.41) is 1.38. The summed E-state index contributed by atoms with van der Waals surface area (Å²) in [4.78, 5) is 11.1. The molecule has 4 saturated carbocycles. The van der Waals surface area contributed by atoms with Crippen LogP contribution in [0, 0.1) is 23.2 Å². The maximum absolute atomic E-state index is 13.4. The second kappa shape index (κ2) is 6.27. The van der Waals surface area contributed by atoms with Gasteiger partial charge >= 0.3 is 18.0 Å². The van der Waals surface area contributed by atoms with E-state index in [4.69, 9.17) is 0 Å². The van der Waals surface area contributed by atoms with Crippen molar-refractivity contribution in [3.05, 3.63) is 0 Å². The number of amides is 1. The van der Waals surface area contributed by atoms with Gasteiger partial charge in [-0.05, 0) is 61.7 Å². The average Bonchev–Trinajstić information content (AvgIpc) is 2.41. The van der Waals surface area contributed by atoms with Gasteiger partial charge in [0.2, 0.25) is 5.91 Å². The Kier molecular flexibility index (Phi) is 4.77. The summed E-state index contributed by atoms with van der Waals surface area (Å²) < 4.78 is 80.1. The molecule has 3 nitrogen and oxygen atoms in total. The van der Waals surface area contributed by atoms with Crippen molar-refractivity contribution in [2.75, 3.05) is 6.54 Å². The molecule has 4 rings (SSSR count). The van der Waals surface area contributed by atoms with Crippen LogP contribution >= 0.6 is 0 Å². The lowest BCUT2D eigenvalue weighted by molar-refractivity contribution is -0.785. The molecule has 4 bridgehead atoms. The fourth-order valence-corrected chi connectivity index (χ4v) is 6.05. The van der Waals surface area contributed by atoms with Crippen LogP contribution in [0.5, 0.6) is 0 Å². The number of quaternary nitrogens is 1. The number of nitrogens with one attached hydrogen (secondary N) is 1. The summed E-state index contributed by atoms with van der Waals surface area (Å²) in [5.74, 6) is 0.371. The van der Waals surface area contributed by atoms with Gasteiger partial charge in [-0.3, -0.25) is 10.1 Å². The second-order valence-corrected chi connectivity index (χ2v) is 8.65. The number of carbonyl (C=O) groups excluding carboxylic acids is 1. The molecular formula is C17H25F6N2O+. The van der Waals surface area contributed by atoms with Crippen molar-refractivity contribution in [1.82, 2.24) is 5.32 Å². The van der Waals surface area contributed by atoms with E-state index in [2.05, 4.69) is 0 Å². The minimum absolute atomic E-state index is 0.121. The Morgan fingerprint density at radius 3 is 1.73 bits per heavy atom. The van der Waals surface area contributed by atoms with E-state index >= 15 is 0 Å². The summed E-state index contributed by atoms with van der Waals surface area (Å²) in [6, 6.07) is 0. The lowest BCUT2D eigenvalue weighted by Gasteiger charge is -2.57. The van der Waals surface area contributed by atoms with Gasteiger partial charge in [0.1, 0.15) is 0 Å². The number of hydrogen-bond donors (Lipinski definition) is 2. The van der Waals surface area contributed by atoms with Gasteiger partial charge in [-0.2, -0.15) is 26.3 Å². The van der Waals surface area contributed by atoms with Crippen LogP contribution < -0.4 is 10.6 Å². The molecule has 0 saturated heterocycles. The van der Waals surface area contributed by atoms with Crippen LogP contribution in [0.4, 0.5) is 26.3 Å². The number of rotatable bonds is 5. The molecule has 1 amide bonds. The van der Waals surface area contributed by atoms with Crippen molar-refractivity contribution in [2.45, 2.75) is 69.9 Å². The summed E-state index contributed by atoms with van der Waals surface area (Å²) in [6.45, 7) is 0.352. The van der Waals surface area contributed by atoms with Gasteiger partial charge in [0.25, 0.3) is 0 Å².